The summed E-state index contributed by atoms with van der Waals surface area (Å²) in [5, 5.41) is 2.64. The molecule has 2 aliphatic carbocycles. The zero-order valence-corrected chi connectivity index (χ0v) is 39.0. The Hall–Kier alpha value is -3.29. The molecule has 3 rings (SSSR count). The Morgan fingerprint density at radius 3 is 2.07 bits per heavy atom. The van der Waals surface area contributed by atoms with Gasteiger partial charge in [-0.2, -0.15) is 21.6 Å². The van der Waals surface area contributed by atoms with E-state index in [1.54, 1.807) is 17.1 Å². The first-order valence-electron chi connectivity index (χ1n) is 21.4. The number of likely N-dealkylation sites (tertiary alicyclic amines) is 1. The van der Waals surface area contributed by atoms with Crippen molar-refractivity contribution < 1.29 is 40.1 Å². The number of nitrogens with two attached hydrogens (primary N) is 1. The van der Waals surface area contributed by atoms with Gasteiger partial charge in [0.05, 0.1) is 19.2 Å². The number of amidine groups is 1. The second kappa shape index (κ2) is 28.2. The van der Waals surface area contributed by atoms with Crippen LogP contribution in [-0.4, -0.2) is 68.4 Å². The molecule has 10 nitrogen and oxygen atoms in total. The normalized spacial score (nSPS) is 20.8. The van der Waals surface area contributed by atoms with Gasteiger partial charge in [0, 0.05) is 6.54 Å². The predicted octanol–water partition coefficient (Wildman–Crippen LogP) is 11.4. The number of amides is 2. The van der Waals surface area contributed by atoms with Crippen molar-refractivity contribution in [1.29, 1.82) is 0 Å². The van der Waals surface area contributed by atoms with Crippen LogP contribution in [0, 0.1) is 23.2 Å². The first-order valence-corrected chi connectivity index (χ1v) is 22.8. The molecular weight excluding hydrogens is 770 g/mol. The molecular formula is C44H79F3N4O6S. The molecule has 0 aromatic carbocycles. The predicted molar refractivity (Wildman–Crippen MR) is 234 cm³/mol. The van der Waals surface area contributed by atoms with Crippen LogP contribution >= 0.6 is 0 Å². The monoisotopic (exact) mass is 849 g/mol. The fourth-order valence-corrected chi connectivity index (χ4v) is 7.50. The van der Waals surface area contributed by atoms with E-state index < -0.39 is 27.8 Å². The second-order valence-corrected chi connectivity index (χ2v) is 16.2. The minimum Gasteiger partial charge on any atom is -0.453 e. The van der Waals surface area contributed by atoms with E-state index in [0.29, 0.717) is 30.8 Å². The molecule has 5 atom stereocenters. The Morgan fingerprint density at radius 1 is 1.03 bits per heavy atom. The number of allylic oxidation sites excluding steroid dienone is 5. The van der Waals surface area contributed by atoms with Crippen molar-refractivity contribution in [1.82, 2.24) is 10.2 Å². The number of nitrogens with one attached hydrogen (secondary N) is 1. The van der Waals surface area contributed by atoms with Crippen molar-refractivity contribution in [3.63, 3.8) is 0 Å². The third kappa shape index (κ3) is 17.5. The third-order valence-electron chi connectivity index (χ3n) is 10.7. The standard InChI is InChI=1S/C19H27F3O3S.C19H34N4O3.3C2H6/c1-4-14(2)15(3)7-8-17(25-26(23,24)19(20,21)22)16-9-12-18(13-16)10-5-6-11-18;1-7-13(5)14(8-2)21-17(20)15-10-9-11-23(15)18(24)16(12(3)4)22-19(25)26-6;3*1-2/h4,7-8,14-15H,1,5-6,9-13H2,2-3H3;7,12,14-16H,8-11H2,1-6H3,(H2,20,21)(H,22,25);3*1-2H3/b8-7-,17-16-;13-7+;;;/t14?,15-;14?,15-,16?;;;/m00.../s1. The van der Waals surface area contributed by atoms with Gasteiger partial charge < -0.3 is 24.9 Å². The molecule has 2 amide bonds. The van der Waals surface area contributed by atoms with Gasteiger partial charge in [0.1, 0.15) is 17.6 Å². The summed E-state index contributed by atoms with van der Waals surface area (Å²) in [5.74, 6) is 0.249. The molecule has 0 aromatic heterocycles. The van der Waals surface area contributed by atoms with Crippen LogP contribution in [0.5, 0.6) is 0 Å². The van der Waals surface area contributed by atoms with Crippen LogP contribution in [0.1, 0.15) is 154 Å². The van der Waals surface area contributed by atoms with Gasteiger partial charge in [0.2, 0.25) is 5.91 Å². The van der Waals surface area contributed by atoms with Crippen LogP contribution in [0.2, 0.25) is 0 Å². The first-order chi connectivity index (χ1) is 27.3. The average Bonchev–Trinajstić information content (AvgIpc) is 4.00. The van der Waals surface area contributed by atoms with Crippen LogP contribution < -0.4 is 11.1 Å². The van der Waals surface area contributed by atoms with Crippen molar-refractivity contribution in [2.24, 2.45) is 33.9 Å². The summed E-state index contributed by atoms with van der Waals surface area (Å²) in [6, 6.07) is -0.830. The van der Waals surface area contributed by atoms with Crippen molar-refractivity contribution in [3.8, 4) is 0 Å². The Balaban J connectivity index is 0. The van der Waals surface area contributed by atoms with Crippen LogP contribution in [0.4, 0.5) is 18.0 Å². The van der Waals surface area contributed by atoms with Crippen molar-refractivity contribution in [2.75, 3.05) is 13.7 Å². The highest BCUT2D eigenvalue weighted by molar-refractivity contribution is 7.87. The van der Waals surface area contributed by atoms with Gasteiger partial charge in [0.15, 0.2) is 0 Å². The number of hydrogen-bond acceptors (Lipinski definition) is 7. The van der Waals surface area contributed by atoms with Gasteiger partial charge in [-0.1, -0.05) is 113 Å². The van der Waals surface area contributed by atoms with E-state index in [1.165, 1.54) is 18.8 Å². The van der Waals surface area contributed by atoms with Gasteiger partial charge in [0.25, 0.3) is 0 Å². The van der Waals surface area contributed by atoms with Gasteiger partial charge in [-0.25, -0.2) is 4.79 Å². The number of halogens is 3. The summed E-state index contributed by atoms with van der Waals surface area (Å²) in [4.78, 5) is 31.1. The maximum absolute atomic E-state index is 13.0. The minimum atomic E-state index is -5.67. The maximum Gasteiger partial charge on any atom is 0.534 e. The summed E-state index contributed by atoms with van der Waals surface area (Å²) in [6.07, 6.45) is 15.2. The van der Waals surface area contributed by atoms with Crippen molar-refractivity contribution in [3.05, 3.63) is 47.8 Å². The number of aliphatic imine (C=N–C) groups is 1. The summed E-state index contributed by atoms with van der Waals surface area (Å²) in [7, 11) is -4.39. The SMILES string of the molecule is C/C=C(\C)C(CC)N=C(N)[C@@H]1CCCN1C(=O)C(NC(=O)OC)C(C)C.C=CC(C)[C@@H](C)/C=C\C(OS(=O)(=O)C(F)(F)F)=C1/CCC2(CCCC2)C1.CC.CC.CC. The van der Waals surface area contributed by atoms with E-state index in [9.17, 15) is 31.2 Å². The molecule has 3 unspecified atom stereocenters. The summed E-state index contributed by atoms with van der Waals surface area (Å²) in [6.45, 7) is 30.0. The molecule has 3 N–H and O–H groups in total. The van der Waals surface area contributed by atoms with E-state index in [4.69, 9.17) is 5.73 Å². The zero-order chi connectivity index (χ0) is 45.4. The number of alkyl carbamates (subject to hydrolysis) is 1. The van der Waals surface area contributed by atoms with Gasteiger partial charge >= 0.3 is 21.7 Å². The fraction of sp³-hybridized carbons (Fsp3) is 0.750. The summed E-state index contributed by atoms with van der Waals surface area (Å²) in [5.41, 5.74) is 2.81. The molecule has 1 aliphatic heterocycles. The third-order valence-corrected chi connectivity index (χ3v) is 11.7. The summed E-state index contributed by atoms with van der Waals surface area (Å²) < 4.78 is 70.6. The second-order valence-electron chi connectivity index (χ2n) is 14.7. The highest BCUT2D eigenvalue weighted by Gasteiger charge is 2.49. The van der Waals surface area contributed by atoms with Gasteiger partial charge in [-0.3, -0.25) is 9.79 Å². The fourth-order valence-electron chi connectivity index (χ4n) is 7.00. The number of rotatable bonds is 13. The van der Waals surface area contributed by atoms with Crippen LogP contribution in [0.3, 0.4) is 0 Å². The molecule has 0 radical (unpaired) electrons. The molecule has 3 fully saturated rings. The average molecular weight is 849 g/mol. The number of methoxy groups -OCH3 is 1. The Kier molecular flexibility index (Phi) is 27.6. The molecule has 1 heterocycles. The number of ether oxygens (including phenoxy) is 1. The quantitative estimate of drug-likeness (QED) is 0.0469. The van der Waals surface area contributed by atoms with E-state index in [1.807, 2.05) is 89.2 Å². The molecule has 0 bridgehead atoms. The van der Waals surface area contributed by atoms with E-state index in [0.717, 1.165) is 51.4 Å². The van der Waals surface area contributed by atoms with Crippen LogP contribution in [-0.2, 0) is 23.8 Å². The van der Waals surface area contributed by atoms with Crippen LogP contribution in [0.15, 0.2) is 52.8 Å². The topological polar surface area (TPSA) is 140 Å². The number of carbonyl (C=O) groups is 2. The Labute approximate surface area is 350 Å². The number of nitrogens with zero attached hydrogens (tertiary/aromatic N) is 2. The highest BCUT2D eigenvalue weighted by Crippen LogP contribution is 2.53. The molecule has 58 heavy (non-hydrogen) atoms. The van der Waals surface area contributed by atoms with E-state index in [-0.39, 0.29) is 46.9 Å². The summed E-state index contributed by atoms with van der Waals surface area (Å²) >= 11 is 0. The van der Waals surface area contributed by atoms with Crippen LogP contribution in [0.25, 0.3) is 0 Å². The number of carbonyl (C=O) groups excluding carboxylic acids is 2. The van der Waals surface area contributed by atoms with E-state index >= 15 is 0 Å². The molecule has 1 saturated heterocycles. The zero-order valence-electron chi connectivity index (χ0n) is 38.2. The molecule has 1 spiro atoms. The molecule has 0 aromatic rings. The lowest BCUT2D eigenvalue weighted by Crippen LogP contribution is -2.54. The molecule has 338 valence electrons. The molecule has 14 heteroatoms. The number of hydrogen-bond donors (Lipinski definition) is 2. The molecule has 3 aliphatic rings. The Morgan fingerprint density at radius 2 is 1.60 bits per heavy atom. The van der Waals surface area contributed by atoms with Crippen molar-refractivity contribution in [2.45, 2.75) is 178 Å². The first kappa shape index (κ1) is 56.8. The number of alkyl halides is 3. The molecule has 2 saturated carbocycles. The maximum atomic E-state index is 13.0. The van der Waals surface area contributed by atoms with Crippen molar-refractivity contribution >= 4 is 28.0 Å². The largest absolute Gasteiger partial charge is 0.534 e. The minimum absolute atomic E-state index is 0.00198. The lowest BCUT2D eigenvalue weighted by atomic mass is 9.84. The van der Waals surface area contributed by atoms with Gasteiger partial charge in [-0.05, 0) is 100 Å². The Bertz CT molecular complexity index is 1470. The lowest BCUT2D eigenvalue weighted by Gasteiger charge is -2.31. The smallest absolute Gasteiger partial charge is 0.453 e. The van der Waals surface area contributed by atoms with Gasteiger partial charge in [-0.15, -0.1) is 6.58 Å². The lowest BCUT2D eigenvalue weighted by molar-refractivity contribution is -0.134. The van der Waals surface area contributed by atoms with E-state index in [2.05, 4.69) is 32.7 Å². The highest BCUT2D eigenvalue weighted by atomic mass is 32.2.